The van der Waals surface area contributed by atoms with Crippen molar-refractivity contribution in [3.8, 4) is 5.75 Å². The van der Waals surface area contributed by atoms with Gasteiger partial charge in [0, 0.05) is 5.56 Å². The lowest BCUT2D eigenvalue weighted by Gasteiger charge is -2.24. The Morgan fingerprint density at radius 1 is 1.41 bits per heavy atom. The van der Waals surface area contributed by atoms with Crippen LogP contribution in [0.2, 0.25) is 0 Å². The zero-order chi connectivity index (χ0) is 12.3. The molecule has 0 saturated heterocycles. The van der Waals surface area contributed by atoms with E-state index in [9.17, 15) is 14.6 Å². The number of phenolic OH excluding ortho intramolecular Hbond substituents is 1. The summed E-state index contributed by atoms with van der Waals surface area (Å²) < 4.78 is 13.1. The first kappa shape index (κ1) is 16.2. The minimum absolute atomic E-state index is 0. The van der Waals surface area contributed by atoms with Crippen LogP contribution in [0.15, 0.2) is 18.2 Å². The van der Waals surface area contributed by atoms with E-state index in [4.69, 9.17) is 5.73 Å². The highest BCUT2D eigenvalue weighted by molar-refractivity contribution is 5.85. The van der Waals surface area contributed by atoms with Gasteiger partial charge >= 0.3 is 0 Å². The smallest absolute Gasteiger partial charge is 0.165 e. The van der Waals surface area contributed by atoms with Gasteiger partial charge in [0.1, 0.15) is 0 Å². The van der Waals surface area contributed by atoms with E-state index in [1.807, 2.05) is 13.8 Å². The SMILES string of the molecule is CCC(C)[C@H](O)[C@H](N)c1cccc(F)c1O.Cl. The van der Waals surface area contributed by atoms with Crippen LogP contribution in [0.1, 0.15) is 31.9 Å². The molecule has 0 heterocycles. The van der Waals surface area contributed by atoms with E-state index in [-0.39, 0.29) is 23.9 Å². The van der Waals surface area contributed by atoms with E-state index >= 15 is 0 Å². The maximum atomic E-state index is 13.1. The predicted molar refractivity (Wildman–Crippen MR) is 67.7 cm³/mol. The fourth-order valence-corrected chi connectivity index (χ4v) is 1.58. The number of rotatable bonds is 4. The van der Waals surface area contributed by atoms with Crippen LogP contribution in [0.4, 0.5) is 4.39 Å². The number of para-hydroxylation sites is 1. The summed E-state index contributed by atoms with van der Waals surface area (Å²) in [6.45, 7) is 3.80. The molecule has 0 aromatic heterocycles. The van der Waals surface area contributed by atoms with Crippen LogP contribution in [0.3, 0.4) is 0 Å². The number of aromatic hydroxyl groups is 1. The topological polar surface area (TPSA) is 66.5 Å². The first-order chi connectivity index (χ1) is 7.49. The molecule has 1 rings (SSSR count). The standard InChI is InChI=1S/C12H18FNO2.ClH/c1-3-7(2)11(15)10(14)8-5-4-6-9(13)12(8)16;/h4-7,10-11,15-16H,3,14H2,1-2H3;1H/t7?,10-,11+;/m1./s1. The third kappa shape index (κ3) is 3.56. The number of nitrogens with two attached hydrogens (primary N) is 1. The molecule has 0 aliphatic carbocycles. The first-order valence-electron chi connectivity index (χ1n) is 5.40. The third-order valence-corrected chi connectivity index (χ3v) is 2.97. The average molecular weight is 264 g/mol. The molecular formula is C12H19ClFNO2. The molecule has 5 heteroatoms. The zero-order valence-electron chi connectivity index (χ0n) is 9.93. The molecule has 0 saturated carbocycles. The quantitative estimate of drug-likeness (QED) is 0.781. The summed E-state index contributed by atoms with van der Waals surface area (Å²) in [5.41, 5.74) is 6.05. The number of aliphatic hydroxyl groups is 1. The van der Waals surface area contributed by atoms with Crippen molar-refractivity contribution in [1.29, 1.82) is 0 Å². The van der Waals surface area contributed by atoms with Gasteiger partial charge in [-0.1, -0.05) is 32.4 Å². The van der Waals surface area contributed by atoms with Gasteiger partial charge in [-0.15, -0.1) is 12.4 Å². The molecule has 98 valence electrons. The number of hydrogen-bond donors (Lipinski definition) is 3. The van der Waals surface area contributed by atoms with Gasteiger partial charge in [-0.05, 0) is 12.0 Å². The normalized spacial score (nSPS) is 15.8. The predicted octanol–water partition coefficient (Wildman–Crippen LogP) is 2.36. The van der Waals surface area contributed by atoms with Gasteiger partial charge in [0.25, 0.3) is 0 Å². The van der Waals surface area contributed by atoms with Crippen LogP contribution in [-0.4, -0.2) is 16.3 Å². The van der Waals surface area contributed by atoms with Gasteiger partial charge in [0.05, 0.1) is 12.1 Å². The summed E-state index contributed by atoms with van der Waals surface area (Å²) in [5.74, 6) is -1.20. The van der Waals surface area contributed by atoms with Gasteiger partial charge in [-0.3, -0.25) is 0 Å². The number of hydrogen-bond acceptors (Lipinski definition) is 3. The molecule has 1 aromatic carbocycles. The zero-order valence-corrected chi connectivity index (χ0v) is 10.7. The first-order valence-corrected chi connectivity index (χ1v) is 5.40. The fraction of sp³-hybridized carbons (Fsp3) is 0.500. The fourth-order valence-electron chi connectivity index (χ4n) is 1.58. The van der Waals surface area contributed by atoms with Crippen LogP contribution in [-0.2, 0) is 0 Å². The van der Waals surface area contributed by atoms with E-state index in [0.717, 1.165) is 12.5 Å². The molecule has 0 bridgehead atoms. The Kier molecular flexibility index (Phi) is 6.45. The summed E-state index contributed by atoms with van der Waals surface area (Å²) in [6, 6.07) is 3.37. The molecule has 0 amide bonds. The molecule has 0 radical (unpaired) electrons. The van der Waals surface area contributed by atoms with Crippen molar-refractivity contribution in [1.82, 2.24) is 0 Å². The largest absolute Gasteiger partial charge is 0.505 e. The number of aliphatic hydroxyl groups excluding tert-OH is 1. The van der Waals surface area contributed by atoms with Crippen LogP contribution < -0.4 is 5.73 Å². The van der Waals surface area contributed by atoms with Crippen molar-refractivity contribution in [2.24, 2.45) is 11.7 Å². The minimum atomic E-state index is -0.794. The molecule has 0 fully saturated rings. The van der Waals surface area contributed by atoms with Crippen molar-refractivity contribution in [2.45, 2.75) is 32.4 Å². The molecule has 3 atom stereocenters. The lowest BCUT2D eigenvalue weighted by molar-refractivity contribution is 0.0869. The highest BCUT2D eigenvalue weighted by atomic mass is 35.5. The van der Waals surface area contributed by atoms with Gasteiger partial charge < -0.3 is 15.9 Å². The van der Waals surface area contributed by atoms with Crippen molar-refractivity contribution >= 4 is 12.4 Å². The van der Waals surface area contributed by atoms with Crippen LogP contribution >= 0.6 is 12.4 Å². The van der Waals surface area contributed by atoms with Crippen LogP contribution in [0.25, 0.3) is 0 Å². The van der Waals surface area contributed by atoms with Crippen LogP contribution in [0.5, 0.6) is 5.75 Å². The summed E-state index contributed by atoms with van der Waals surface area (Å²) >= 11 is 0. The van der Waals surface area contributed by atoms with Gasteiger partial charge in [-0.25, -0.2) is 4.39 Å². The third-order valence-electron chi connectivity index (χ3n) is 2.97. The van der Waals surface area contributed by atoms with E-state index in [1.165, 1.54) is 12.1 Å². The highest BCUT2D eigenvalue weighted by Gasteiger charge is 2.24. The summed E-state index contributed by atoms with van der Waals surface area (Å²) in [5, 5.41) is 19.4. The Hall–Kier alpha value is -0.840. The Morgan fingerprint density at radius 3 is 2.53 bits per heavy atom. The highest BCUT2D eigenvalue weighted by Crippen LogP contribution is 2.29. The van der Waals surface area contributed by atoms with E-state index in [2.05, 4.69) is 0 Å². The molecule has 0 spiro atoms. The Balaban J connectivity index is 0.00000256. The second-order valence-corrected chi connectivity index (χ2v) is 4.08. The Morgan fingerprint density at radius 2 is 2.00 bits per heavy atom. The summed E-state index contributed by atoms with van der Waals surface area (Å²) in [7, 11) is 0. The minimum Gasteiger partial charge on any atom is -0.505 e. The van der Waals surface area contributed by atoms with E-state index in [0.29, 0.717) is 0 Å². The van der Waals surface area contributed by atoms with Gasteiger partial charge in [0.15, 0.2) is 11.6 Å². The summed E-state index contributed by atoms with van der Waals surface area (Å²) in [6.07, 6.45) is -0.0250. The van der Waals surface area contributed by atoms with Gasteiger partial charge in [-0.2, -0.15) is 0 Å². The maximum Gasteiger partial charge on any atom is 0.165 e. The van der Waals surface area contributed by atoms with E-state index < -0.39 is 23.7 Å². The number of phenols is 1. The van der Waals surface area contributed by atoms with Crippen molar-refractivity contribution in [3.05, 3.63) is 29.6 Å². The second-order valence-electron chi connectivity index (χ2n) is 4.08. The molecule has 0 aliphatic rings. The lowest BCUT2D eigenvalue weighted by Crippen LogP contribution is -2.31. The van der Waals surface area contributed by atoms with Crippen molar-refractivity contribution in [3.63, 3.8) is 0 Å². The average Bonchev–Trinajstić information content (AvgIpc) is 2.29. The molecule has 0 aliphatic heterocycles. The summed E-state index contributed by atoms with van der Waals surface area (Å²) in [4.78, 5) is 0. The molecular weight excluding hydrogens is 245 g/mol. The maximum absolute atomic E-state index is 13.1. The van der Waals surface area contributed by atoms with Crippen molar-refractivity contribution in [2.75, 3.05) is 0 Å². The second kappa shape index (κ2) is 6.79. The van der Waals surface area contributed by atoms with Crippen molar-refractivity contribution < 1.29 is 14.6 Å². The van der Waals surface area contributed by atoms with Crippen LogP contribution in [0, 0.1) is 11.7 Å². The molecule has 1 aromatic rings. The Labute approximate surface area is 107 Å². The molecule has 17 heavy (non-hydrogen) atoms. The number of halogens is 2. The number of benzene rings is 1. The molecule has 3 nitrogen and oxygen atoms in total. The Bertz CT molecular complexity index is 362. The van der Waals surface area contributed by atoms with Gasteiger partial charge in [0.2, 0.25) is 0 Å². The lowest BCUT2D eigenvalue weighted by atomic mass is 9.91. The monoisotopic (exact) mass is 263 g/mol. The molecule has 1 unspecified atom stereocenters. The molecule has 4 N–H and O–H groups in total. The van der Waals surface area contributed by atoms with E-state index in [1.54, 1.807) is 0 Å².